The first kappa shape index (κ1) is 13.1. The molecule has 0 aliphatic heterocycles. The van der Waals surface area contributed by atoms with E-state index in [1.54, 1.807) is 11.9 Å². The Morgan fingerprint density at radius 1 is 1.33 bits per heavy atom. The molecular weight excluding hydrogens is 266 g/mol. The van der Waals surface area contributed by atoms with Crippen LogP contribution in [0.3, 0.4) is 0 Å². The number of carbonyl (C=O) groups excluding carboxylic acids is 1. The van der Waals surface area contributed by atoms with E-state index in [0.717, 1.165) is 15.3 Å². The fourth-order valence-corrected chi connectivity index (χ4v) is 2.79. The Morgan fingerprint density at radius 3 is 2.72 bits per heavy atom. The van der Waals surface area contributed by atoms with Crippen molar-refractivity contribution in [3.05, 3.63) is 56.7 Å². The smallest absolute Gasteiger partial charge is 0.263 e. The van der Waals surface area contributed by atoms with Crippen LogP contribution < -0.4 is 0 Å². The minimum absolute atomic E-state index is 0.0491. The van der Waals surface area contributed by atoms with Crippen molar-refractivity contribution >= 4 is 28.8 Å². The van der Waals surface area contributed by atoms with Gasteiger partial charge in [-0.3, -0.25) is 4.79 Å². The lowest BCUT2D eigenvalue weighted by Crippen LogP contribution is -2.25. The summed E-state index contributed by atoms with van der Waals surface area (Å²) in [7, 11) is 1.80. The first-order valence-electron chi connectivity index (χ1n) is 5.62. The van der Waals surface area contributed by atoms with Gasteiger partial charge in [0.05, 0.1) is 4.88 Å². The zero-order chi connectivity index (χ0) is 13.1. The predicted molar refractivity (Wildman–Crippen MR) is 76.3 cm³/mol. The molecule has 1 aromatic heterocycles. The maximum atomic E-state index is 12.2. The fourth-order valence-electron chi connectivity index (χ4n) is 1.72. The van der Waals surface area contributed by atoms with Gasteiger partial charge in [-0.2, -0.15) is 0 Å². The first-order chi connectivity index (χ1) is 8.56. The summed E-state index contributed by atoms with van der Waals surface area (Å²) < 4.78 is 0. The molecule has 0 aliphatic carbocycles. The molecule has 1 amide bonds. The monoisotopic (exact) mass is 279 g/mol. The number of hydrogen-bond donors (Lipinski definition) is 0. The lowest BCUT2D eigenvalue weighted by molar-refractivity contribution is 0.0790. The SMILES string of the molecule is Cc1ccc(C(=O)N(C)Cc2cccc(Cl)c2)s1. The lowest BCUT2D eigenvalue weighted by Gasteiger charge is -2.16. The summed E-state index contributed by atoms with van der Waals surface area (Å²) in [5.74, 6) is 0.0491. The van der Waals surface area contributed by atoms with E-state index in [0.29, 0.717) is 11.6 Å². The standard InChI is InChI=1S/C14H14ClNOS/c1-10-6-7-13(18-10)14(17)16(2)9-11-4-3-5-12(15)8-11/h3-8H,9H2,1-2H3. The summed E-state index contributed by atoms with van der Waals surface area (Å²) in [4.78, 5) is 15.8. The Morgan fingerprint density at radius 2 is 2.11 bits per heavy atom. The van der Waals surface area contributed by atoms with Gasteiger partial charge < -0.3 is 4.90 Å². The van der Waals surface area contributed by atoms with Gasteiger partial charge in [-0.1, -0.05) is 23.7 Å². The van der Waals surface area contributed by atoms with Crippen LogP contribution in [-0.4, -0.2) is 17.9 Å². The van der Waals surface area contributed by atoms with E-state index < -0.39 is 0 Å². The zero-order valence-corrected chi connectivity index (χ0v) is 11.9. The summed E-state index contributed by atoms with van der Waals surface area (Å²) >= 11 is 7.45. The Balaban J connectivity index is 2.08. The molecule has 0 N–H and O–H groups in total. The van der Waals surface area contributed by atoms with Crippen LogP contribution in [0.5, 0.6) is 0 Å². The average Bonchev–Trinajstić information content (AvgIpc) is 2.75. The van der Waals surface area contributed by atoms with Crippen LogP contribution in [0.25, 0.3) is 0 Å². The van der Waals surface area contributed by atoms with Crippen LogP contribution in [0.15, 0.2) is 36.4 Å². The van der Waals surface area contributed by atoms with E-state index in [1.165, 1.54) is 11.3 Å². The van der Waals surface area contributed by atoms with Crippen LogP contribution in [0.4, 0.5) is 0 Å². The summed E-state index contributed by atoms with van der Waals surface area (Å²) in [6.45, 7) is 2.56. The van der Waals surface area contributed by atoms with E-state index in [1.807, 2.05) is 43.3 Å². The van der Waals surface area contributed by atoms with Crippen LogP contribution >= 0.6 is 22.9 Å². The van der Waals surface area contributed by atoms with E-state index >= 15 is 0 Å². The van der Waals surface area contributed by atoms with Gasteiger partial charge in [0, 0.05) is 23.5 Å². The van der Waals surface area contributed by atoms with E-state index in [9.17, 15) is 4.79 Å². The maximum absolute atomic E-state index is 12.2. The third-order valence-electron chi connectivity index (χ3n) is 2.61. The molecule has 0 unspecified atom stereocenters. The van der Waals surface area contributed by atoms with E-state index in [2.05, 4.69) is 0 Å². The topological polar surface area (TPSA) is 20.3 Å². The molecule has 2 aromatic rings. The normalized spacial score (nSPS) is 10.4. The Kier molecular flexibility index (Phi) is 4.04. The molecule has 0 saturated carbocycles. The number of aryl methyl sites for hydroxylation is 1. The number of rotatable bonds is 3. The molecule has 0 atom stereocenters. The summed E-state index contributed by atoms with van der Waals surface area (Å²) in [5, 5.41) is 0.695. The van der Waals surface area contributed by atoms with Crippen LogP contribution in [-0.2, 0) is 6.54 Å². The van der Waals surface area contributed by atoms with Crippen molar-refractivity contribution < 1.29 is 4.79 Å². The maximum Gasteiger partial charge on any atom is 0.263 e. The highest BCUT2D eigenvalue weighted by atomic mass is 35.5. The lowest BCUT2D eigenvalue weighted by atomic mass is 10.2. The van der Waals surface area contributed by atoms with Crippen molar-refractivity contribution in [1.82, 2.24) is 4.90 Å². The van der Waals surface area contributed by atoms with Gasteiger partial charge in [-0.15, -0.1) is 11.3 Å². The van der Waals surface area contributed by atoms with E-state index in [4.69, 9.17) is 11.6 Å². The predicted octanol–water partition coefficient (Wildman–Crippen LogP) is 3.98. The Labute approximate surface area is 116 Å². The van der Waals surface area contributed by atoms with Crippen molar-refractivity contribution in [3.8, 4) is 0 Å². The first-order valence-corrected chi connectivity index (χ1v) is 6.82. The third kappa shape index (κ3) is 3.12. The van der Waals surface area contributed by atoms with Gasteiger partial charge in [-0.25, -0.2) is 0 Å². The molecule has 0 fully saturated rings. The van der Waals surface area contributed by atoms with Crippen molar-refractivity contribution in [2.75, 3.05) is 7.05 Å². The number of carbonyl (C=O) groups is 1. The van der Waals surface area contributed by atoms with Crippen molar-refractivity contribution in [2.45, 2.75) is 13.5 Å². The number of benzene rings is 1. The van der Waals surface area contributed by atoms with E-state index in [-0.39, 0.29) is 5.91 Å². The van der Waals surface area contributed by atoms with Gasteiger partial charge in [0.15, 0.2) is 0 Å². The molecule has 0 spiro atoms. The highest BCUT2D eigenvalue weighted by Crippen LogP contribution is 2.18. The second-order valence-electron chi connectivity index (χ2n) is 4.20. The molecular formula is C14H14ClNOS. The number of halogens is 1. The second-order valence-corrected chi connectivity index (χ2v) is 5.93. The fraction of sp³-hybridized carbons (Fsp3) is 0.214. The molecule has 0 aliphatic rings. The zero-order valence-electron chi connectivity index (χ0n) is 10.3. The molecule has 1 aromatic carbocycles. The number of amides is 1. The van der Waals surface area contributed by atoms with Gasteiger partial charge in [0.25, 0.3) is 5.91 Å². The molecule has 0 radical (unpaired) electrons. The molecule has 0 saturated heterocycles. The third-order valence-corrected chi connectivity index (χ3v) is 3.83. The summed E-state index contributed by atoms with van der Waals surface area (Å²) in [5.41, 5.74) is 1.03. The van der Waals surface area contributed by atoms with Crippen molar-refractivity contribution in [1.29, 1.82) is 0 Å². The highest BCUT2D eigenvalue weighted by Gasteiger charge is 2.13. The van der Waals surface area contributed by atoms with Gasteiger partial charge in [0.2, 0.25) is 0 Å². The minimum atomic E-state index is 0.0491. The summed E-state index contributed by atoms with van der Waals surface area (Å²) in [6, 6.07) is 11.4. The van der Waals surface area contributed by atoms with Gasteiger partial charge in [0.1, 0.15) is 0 Å². The number of hydrogen-bond acceptors (Lipinski definition) is 2. The van der Waals surface area contributed by atoms with Crippen LogP contribution in [0.1, 0.15) is 20.1 Å². The molecule has 0 bridgehead atoms. The molecule has 2 rings (SSSR count). The summed E-state index contributed by atoms with van der Waals surface area (Å²) in [6.07, 6.45) is 0. The van der Waals surface area contributed by atoms with Gasteiger partial charge in [-0.05, 0) is 36.8 Å². The average molecular weight is 280 g/mol. The van der Waals surface area contributed by atoms with Gasteiger partial charge >= 0.3 is 0 Å². The molecule has 94 valence electrons. The second kappa shape index (κ2) is 5.55. The molecule has 4 heteroatoms. The van der Waals surface area contributed by atoms with Crippen molar-refractivity contribution in [2.24, 2.45) is 0 Å². The molecule has 1 heterocycles. The van der Waals surface area contributed by atoms with Crippen LogP contribution in [0.2, 0.25) is 5.02 Å². The quantitative estimate of drug-likeness (QED) is 0.832. The minimum Gasteiger partial charge on any atom is -0.337 e. The highest BCUT2D eigenvalue weighted by molar-refractivity contribution is 7.13. The number of nitrogens with zero attached hydrogens (tertiary/aromatic N) is 1. The van der Waals surface area contributed by atoms with Crippen LogP contribution in [0, 0.1) is 6.92 Å². The Bertz CT molecular complexity index is 564. The number of thiophene rings is 1. The largest absolute Gasteiger partial charge is 0.337 e. The van der Waals surface area contributed by atoms with Crippen molar-refractivity contribution in [3.63, 3.8) is 0 Å². The molecule has 18 heavy (non-hydrogen) atoms. The molecule has 2 nitrogen and oxygen atoms in total. The Hall–Kier alpha value is -1.32.